The van der Waals surface area contributed by atoms with Crippen molar-refractivity contribution in [1.29, 1.82) is 0 Å². The molecule has 27 heavy (non-hydrogen) atoms. The molecule has 0 spiro atoms. The number of hydrogen-bond acceptors (Lipinski definition) is 3. The third-order valence-corrected chi connectivity index (χ3v) is 8.18. The summed E-state index contributed by atoms with van der Waals surface area (Å²) in [5.41, 5.74) is 1.42. The molecule has 0 atom stereocenters. The van der Waals surface area contributed by atoms with Crippen molar-refractivity contribution < 1.29 is 13.2 Å². The number of amides is 1. The Morgan fingerprint density at radius 1 is 0.963 bits per heavy atom. The number of carbonyl (C=O) groups is 1. The van der Waals surface area contributed by atoms with Gasteiger partial charge in [0.2, 0.25) is 10.0 Å². The molecule has 1 amide bonds. The molecule has 1 heterocycles. The molecular formula is C21H30N2O3S. The van der Waals surface area contributed by atoms with Gasteiger partial charge in [0.1, 0.15) is 0 Å². The monoisotopic (exact) mass is 390 g/mol. The van der Waals surface area contributed by atoms with Crippen molar-refractivity contribution in [2.24, 2.45) is 0 Å². The molecule has 0 N–H and O–H groups in total. The van der Waals surface area contributed by atoms with Crippen LogP contribution in [0.1, 0.15) is 73.7 Å². The highest BCUT2D eigenvalue weighted by Gasteiger charge is 2.39. The van der Waals surface area contributed by atoms with Gasteiger partial charge in [0, 0.05) is 30.7 Å². The number of piperidine rings is 1. The first-order valence-electron chi connectivity index (χ1n) is 10.4. The molecule has 1 aromatic rings. The van der Waals surface area contributed by atoms with E-state index in [0.717, 1.165) is 50.5 Å². The van der Waals surface area contributed by atoms with Crippen LogP contribution in [0.25, 0.3) is 0 Å². The Morgan fingerprint density at radius 2 is 1.59 bits per heavy atom. The fourth-order valence-corrected chi connectivity index (χ4v) is 6.09. The molecular weight excluding hydrogens is 360 g/mol. The molecule has 0 unspecified atom stereocenters. The van der Waals surface area contributed by atoms with Crippen LogP contribution in [0.3, 0.4) is 0 Å². The van der Waals surface area contributed by atoms with E-state index in [0.29, 0.717) is 30.7 Å². The van der Waals surface area contributed by atoms with Crippen molar-refractivity contribution in [3.05, 3.63) is 29.3 Å². The summed E-state index contributed by atoms with van der Waals surface area (Å²) in [6, 6.07) is 5.76. The average molecular weight is 391 g/mol. The van der Waals surface area contributed by atoms with Crippen LogP contribution in [0.5, 0.6) is 0 Å². The van der Waals surface area contributed by atoms with Crippen LogP contribution < -0.4 is 0 Å². The van der Waals surface area contributed by atoms with Gasteiger partial charge in [-0.2, -0.15) is 4.31 Å². The maximum atomic E-state index is 13.4. The highest BCUT2D eigenvalue weighted by Crippen LogP contribution is 2.36. The van der Waals surface area contributed by atoms with Crippen molar-refractivity contribution in [2.75, 3.05) is 13.1 Å². The first-order chi connectivity index (χ1) is 13.0. The van der Waals surface area contributed by atoms with E-state index in [4.69, 9.17) is 0 Å². The fourth-order valence-electron chi connectivity index (χ4n) is 4.55. The van der Waals surface area contributed by atoms with Gasteiger partial charge in [-0.25, -0.2) is 8.42 Å². The summed E-state index contributed by atoms with van der Waals surface area (Å²) in [6.45, 7) is 3.07. The van der Waals surface area contributed by atoms with Gasteiger partial charge in [0.15, 0.2) is 0 Å². The number of carbonyl (C=O) groups excluding carboxylic acids is 1. The second-order valence-corrected chi connectivity index (χ2v) is 10.3. The summed E-state index contributed by atoms with van der Waals surface area (Å²) in [4.78, 5) is 15.7. The minimum absolute atomic E-state index is 0.0256. The SMILES string of the molecule is Cc1ccc(S(=O)(=O)N2CCCCC2)cc1C(=O)N(C1CCCC1)C1CC1. The summed E-state index contributed by atoms with van der Waals surface area (Å²) in [6.07, 6.45) is 9.58. The van der Waals surface area contributed by atoms with Crippen LogP contribution in [-0.2, 0) is 10.0 Å². The van der Waals surface area contributed by atoms with Gasteiger partial charge >= 0.3 is 0 Å². The molecule has 1 aliphatic heterocycles. The zero-order valence-corrected chi connectivity index (χ0v) is 17.0. The molecule has 6 heteroatoms. The van der Waals surface area contributed by atoms with Crippen LogP contribution in [0.2, 0.25) is 0 Å². The zero-order chi connectivity index (χ0) is 19.0. The highest BCUT2D eigenvalue weighted by atomic mass is 32.2. The normalized spacial score (nSPS) is 22.1. The number of benzene rings is 1. The van der Waals surface area contributed by atoms with E-state index in [2.05, 4.69) is 4.90 Å². The highest BCUT2D eigenvalue weighted by molar-refractivity contribution is 7.89. The van der Waals surface area contributed by atoms with Gasteiger partial charge in [0.25, 0.3) is 5.91 Å². The van der Waals surface area contributed by atoms with E-state index in [1.54, 1.807) is 22.5 Å². The topological polar surface area (TPSA) is 57.7 Å². The molecule has 3 fully saturated rings. The lowest BCUT2D eigenvalue weighted by Crippen LogP contribution is -2.41. The third-order valence-electron chi connectivity index (χ3n) is 6.29. The van der Waals surface area contributed by atoms with Crippen molar-refractivity contribution >= 4 is 15.9 Å². The molecule has 1 aromatic carbocycles. The summed E-state index contributed by atoms with van der Waals surface area (Å²) >= 11 is 0. The lowest BCUT2D eigenvalue weighted by atomic mass is 10.1. The van der Waals surface area contributed by atoms with Crippen LogP contribution in [0.15, 0.2) is 23.1 Å². The standard InChI is InChI=1S/C21H30N2O3S/c1-16-9-12-19(27(25,26)22-13-5-2-6-14-22)15-20(16)21(24)23(18-10-11-18)17-7-3-4-8-17/h9,12,15,17-18H,2-8,10-11,13-14H2,1H3. The summed E-state index contributed by atoms with van der Waals surface area (Å²) < 4.78 is 27.7. The minimum atomic E-state index is -3.52. The maximum Gasteiger partial charge on any atom is 0.254 e. The number of nitrogens with zero attached hydrogens (tertiary/aromatic N) is 2. The molecule has 2 aliphatic carbocycles. The van der Waals surface area contributed by atoms with Crippen molar-refractivity contribution in [3.8, 4) is 0 Å². The number of sulfonamides is 1. The van der Waals surface area contributed by atoms with E-state index in [-0.39, 0.29) is 10.8 Å². The first-order valence-corrected chi connectivity index (χ1v) is 11.9. The smallest absolute Gasteiger partial charge is 0.254 e. The van der Waals surface area contributed by atoms with Gasteiger partial charge in [-0.05, 0) is 63.1 Å². The predicted molar refractivity (Wildman–Crippen MR) is 105 cm³/mol. The lowest BCUT2D eigenvalue weighted by molar-refractivity contribution is 0.0663. The summed E-state index contributed by atoms with van der Waals surface area (Å²) in [7, 11) is -3.52. The molecule has 5 nitrogen and oxygen atoms in total. The Morgan fingerprint density at radius 3 is 2.22 bits per heavy atom. The van der Waals surface area contributed by atoms with E-state index < -0.39 is 10.0 Å². The Bertz CT molecular complexity index is 805. The largest absolute Gasteiger partial charge is 0.333 e. The van der Waals surface area contributed by atoms with E-state index >= 15 is 0 Å². The van der Waals surface area contributed by atoms with Gasteiger partial charge < -0.3 is 4.90 Å². The van der Waals surface area contributed by atoms with Crippen molar-refractivity contribution in [1.82, 2.24) is 9.21 Å². The lowest BCUT2D eigenvalue weighted by Gasteiger charge is -2.30. The maximum absolute atomic E-state index is 13.4. The Kier molecular flexibility index (Phi) is 5.30. The second-order valence-electron chi connectivity index (χ2n) is 8.32. The fraction of sp³-hybridized carbons (Fsp3) is 0.667. The van der Waals surface area contributed by atoms with E-state index in [1.807, 2.05) is 6.92 Å². The molecule has 0 radical (unpaired) electrons. The Balaban J connectivity index is 1.64. The van der Waals surface area contributed by atoms with Crippen LogP contribution in [-0.4, -0.2) is 48.7 Å². The average Bonchev–Trinajstić information content (AvgIpc) is 3.36. The van der Waals surface area contributed by atoms with Crippen molar-refractivity contribution in [2.45, 2.75) is 81.7 Å². The van der Waals surface area contributed by atoms with Gasteiger partial charge in [-0.1, -0.05) is 25.3 Å². The number of hydrogen-bond donors (Lipinski definition) is 0. The molecule has 0 aromatic heterocycles. The third kappa shape index (κ3) is 3.79. The molecule has 1 saturated heterocycles. The van der Waals surface area contributed by atoms with Gasteiger partial charge in [-0.15, -0.1) is 0 Å². The quantitative estimate of drug-likeness (QED) is 0.770. The Hall–Kier alpha value is -1.40. The van der Waals surface area contributed by atoms with E-state index in [9.17, 15) is 13.2 Å². The second kappa shape index (κ2) is 7.55. The van der Waals surface area contributed by atoms with Crippen LogP contribution >= 0.6 is 0 Å². The summed E-state index contributed by atoms with van der Waals surface area (Å²) in [5, 5.41) is 0. The molecule has 3 aliphatic rings. The molecule has 148 valence electrons. The number of rotatable bonds is 5. The van der Waals surface area contributed by atoms with Gasteiger partial charge in [-0.3, -0.25) is 4.79 Å². The van der Waals surface area contributed by atoms with E-state index in [1.165, 1.54) is 12.8 Å². The number of aryl methyl sites for hydroxylation is 1. The van der Waals surface area contributed by atoms with Crippen LogP contribution in [0, 0.1) is 6.92 Å². The molecule has 2 saturated carbocycles. The molecule has 4 rings (SSSR count). The van der Waals surface area contributed by atoms with Gasteiger partial charge in [0.05, 0.1) is 4.90 Å². The van der Waals surface area contributed by atoms with Crippen LogP contribution in [0.4, 0.5) is 0 Å². The summed E-state index contributed by atoms with van der Waals surface area (Å²) in [5.74, 6) is 0.0256. The minimum Gasteiger partial charge on any atom is -0.333 e. The van der Waals surface area contributed by atoms with Crippen molar-refractivity contribution in [3.63, 3.8) is 0 Å². The predicted octanol–water partition coefficient (Wildman–Crippen LogP) is 3.72. The first kappa shape index (κ1) is 18.9. The molecule has 0 bridgehead atoms. The Labute approximate surface area is 162 Å². The zero-order valence-electron chi connectivity index (χ0n) is 16.2.